The number of carboxylic acid groups (broad SMARTS) is 1. The highest BCUT2D eigenvalue weighted by atomic mass is 35.5. The molecule has 0 bridgehead atoms. The predicted molar refractivity (Wildman–Crippen MR) is 61.3 cm³/mol. The average molecular weight is 245 g/mol. The van der Waals surface area contributed by atoms with E-state index < -0.39 is 12.0 Å². The molecule has 0 saturated carbocycles. The van der Waals surface area contributed by atoms with Crippen LogP contribution in [0.4, 0.5) is 11.6 Å². The van der Waals surface area contributed by atoms with Crippen molar-refractivity contribution in [3.05, 3.63) is 11.3 Å². The van der Waals surface area contributed by atoms with E-state index in [2.05, 4.69) is 15.3 Å². The molecule has 0 radical (unpaired) electrons. The minimum absolute atomic E-state index is 0.107. The van der Waals surface area contributed by atoms with E-state index >= 15 is 0 Å². The van der Waals surface area contributed by atoms with Gasteiger partial charge in [-0.3, -0.25) is 0 Å². The van der Waals surface area contributed by atoms with Crippen LogP contribution in [0.15, 0.2) is 6.33 Å². The van der Waals surface area contributed by atoms with Gasteiger partial charge >= 0.3 is 5.97 Å². The topological polar surface area (TPSA) is 101 Å². The Balaban J connectivity index is 2.94. The molecule has 0 aliphatic carbocycles. The zero-order chi connectivity index (χ0) is 12.3. The summed E-state index contributed by atoms with van der Waals surface area (Å²) >= 11 is 5.84. The molecule has 6 nitrogen and oxygen atoms in total. The van der Waals surface area contributed by atoms with Gasteiger partial charge in [-0.15, -0.1) is 0 Å². The zero-order valence-corrected chi connectivity index (χ0v) is 9.69. The largest absolute Gasteiger partial charge is 0.480 e. The molecule has 0 saturated heterocycles. The van der Waals surface area contributed by atoms with Crippen molar-refractivity contribution in [2.45, 2.75) is 19.9 Å². The highest BCUT2D eigenvalue weighted by Gasteiger charge is 2.23. The molecule has 1 aromatic rings. The first-order chi connectivity index (χ1) is 7.43. The highest BCUT2D eigenvalue weighted by Crippen LogP contribution is 2.24. The van der Waals surface area contributed by atoms with Gasteiger partial charge in [0.2, 0.25) is 0 Å². The maximum atomic E-state index is 11.0. The standard InChI is InChI=1S/C9H13ClN4O2/c1-4(2)6(9(15)16)14-8-5(10)7(11)12-3-13-8/h3-4,6H,1-2H3,(H,15,16)(H3,11,12,13,14)/t6-/m0/s1. The van der Waals surface area contributed by atoms with E-state index in [9.17, 15) is 4.79 Å². The van der Waals surface area contributed by atoms with Gasteiger partial charge in [0, 0.05) is 0 Å². The molecule has 1 heterocycles. The van der Waals surface area contributed by atoms with Gasteiger partial charge in [0.25, 0.3) is 0 Å². The van der Waals surface area contributed by atoms with Crippen LogP contribution in [0.3, 0.4) is 0 Å². The number of halogens is 1. The van der Waals surface area contributed by atoms with Gasteiger partial charge in [-0.2, -0.15) is 0 Å². The van der Waals surface area contributed by atoms with Crippen molar-refractivity contribution in [3.63, 3.8) is 0 Å². The third kappa shape index (κ3) is 2.73. The fourth-order valence-electron chi connectivity index (χ4n) is 1.14. The summed E-state index contributed by atoms with van der Waals surface area (Å²) < 4.78 is 0. The number of aromatic nitrogens is 2. The Morgan fingerprint density at radius 3 is 2.69 bits per heavy atom. The molecule has 16 heavy (non-hydrogen) atoms. The van der Waals surface area contributed by atoms with Crippen molar-refractivity contribution < 1.29 is 9.90 Å². The Morgan fingerprint density at radius 1 is 1.56 bits per heavy atom. The van der Waals surface area contributed by atoms with Crippen molar-refractivity contribution in [1.29, 1.82) is 0 Å². The third-order valence-electron chi connectivity index (χ3n) is 2.04. The SMILES string of the molecule is CC(C)[C@H](Nc1ncnc(N)c1Cl)C(=O)O. The smallest absolute Gasteiger partial charge is 0.326 e. The van der Waals surface area contributed by atoms with Crippen LogP contribution < -0.4 is 11.1 Å². The summed E-state index contributed by atoms with van der Waals surface area (Å²) in [6.45, 7) is 3.56. The number of hydrogen-bond acceptors (Lipinski definition) is 5. The van der Waals surface area contributed by atoms with E-state index in [0.717, 1.165) is 0 Å². The molecule has 0 amide bonds. The summed E-state index contributed by atoms with van der Waals surface area (Å²) in [6, 6.07) is -0.771. The van der Waals surface area contributed by atoms with Crippen molar-refractivity contribution in [1.82, 2.24) is 9.97 Å². The number of nitrogens with two attached hydrogens (primary N) is 1. The van der Waals surface area contributed by atoms with E-state index in [0.29, 0.717) is 0 Å². The number of nitrogens with one attached hydrogen (secondary N) is 1. The quantitative estimate of drug-likeness (QED) is 0.737. The predicted octanol–water partition coefficient (Wildman–Crippen LogP) is 1.23. The number of hydrogen-bond donors (Lipinski definition) is 3. The second-order valence-corrected chi connectivity index (χ2v) is 4.00. The molecule has 0 spiro atoms. The molecular weight excluding hydrogens is 232 g/mol. The first-order valence-corrected chi connectivity index (χ1v) is 5.06. The summed E-state index contributed by atoms with van der Waals surface area (Å²) in [5.41, 5.74) is 5.48. The normalized spacial score (nSPS) is 12.5. The van der Waals surface area contributed by atoms with Crippen LogP contribution in [-0.2, 0) is 4.79 Å². The Hall–Kier alpha value is -1.56. The summed E-state index contributed by atoms with van der Waals surface area (Å²) in [4.78, 5) is 18.5. The fourth-order valence-corrected chi connectivity index (χ4v) is 1.30. The van der Waals surface area contributed by atoms with E-state index in [4.69, 9.17) is 22.4 Å². The maximum absolute atomic E-state index is 11.0. The number of carbonyl (C=O) groups is 1. The van der Waals surface area contributed by atoms with Gasteiger partial charge in [-0.1, -0.05) is 25.4 Å². The average Bonchev–Trinajstić information content (AvgIpc) is 2.19. The van der Waals surface area contributed by atoms with Crippen LogP contribution in [0.25, 0.3) is 0 Å². The molecule has 7 heteroatoms. The van der Waals surface area contributed by atoms with Crippen LogP contribution in [0, 0.1) is 5.92 Å². The molecular formula is C9H13ClN4O2. The Bertz CT molecular complexity index is 397. The van der Waals surface area contributed by atoms with Crippen molar-refractivity contribution in [3.8, 4) is 0 Å². The van der Waals surface area contributed by atoms with Crippen molar-refractivity contribution >= 4 is 29.2 Å². The van der Waals surface area contributed by atoms with Crippen LogP contribution in [0.5, 0.6) is 0 Å². The monoisotopic (exact) mass is 244 g/mol. The van der Waals surface area contributed by atoms with E-state index in [1.807, 2.05) is 0 Å². The first kappa shape index (κ1) is 12.5. The number of aliphatic carboxylic acids is 1. The molecule has 4 N–H and O–H groups in total. The Labute approximate surface area is 97.8 Å². The van der Waals surface area contributed by atoms with Gasteiger partial charge < -0.3 is 16.2 Å². The van der Waals surface area contributed by atoms with Gasteiger partial charge in [0.05, 0.1) is 0 Å². The zero-order valence-electron chi connectivity index (χ0n) is 8.94. The van der Waals surface area contributed by atoms with E-state index in [1.165, 1.54) is 6.33 Å². The minimum atomic E-state index is -0.969. The lowest BCUT2D eigenvalue weighted by molar-refractivity contribution is -0.138. The van der Waals surface area contributed by atoms with Gasteiger partial charge in [0.15, 0.2) is 5.82 Å². The third-order valence-corrected chi connectivity index (χ3v) is 2.41. The lowest BCUT2D eigenvalue weighted by Gasteiger charge is -2.19. The van der Waals surface area contributed by atoms with Gasteiger partial charge in [0.1, 0.15) is 23.2 Å². The summed E-state index contributed by atoms with van der Waals surface area (Å²) in [6.07, 6.45) is 1.22. The van der Waals surface area contributed by atoms with Crippen molar-refractivity contribution in [2.75, 3.05) is 11.1 Å². The number of rotatable bonds is 4. The second kappa shape index (κ2) is 4.98. The molecule has 1 aromatic heterocycles. The van der Waals surface area contributed by atoms with E-state index in [1.54, 1.807) is 13.8 Å². The van der Waals surface area contributed by atoms with Gasteiger partial charge in [-0.25, -0.2) is 14.8 Å². The maximum Gasteiger partial charge on any atom is 0.326 e. The highest BCUT2D eigenvalue weighted by molar-refractivity contribution is 6.35. The second-order valence-electron chi connectivity index (χ2n) is 3.63. The number of nitrogens with zero attached hydrogens (tertiary/aromatic N) is 2. The minimum Gasteiger partial charge on any atom is -0.480 e. The number of anilines is 2. The number of carboxylic acids is 1. The number of nitrogen functional groups attached to an aromatic ring is 1. The van der Waals surface area contributed by atoms with Crippen LogP contribution in [0.1, 0.15) is 13.8 Å². The van der Waals surface area contributed by atoms with Crippen LogP contribution in [-0.4, -0.2) is 27.1 Å². The molecule has 0 aliphatic heterocycles. The fraction of sp³-hybridized carbons (Fsp3) is 0.444. The summed E-state index contributed by atoms with van der Waals surface area (Å²) in [7, 11) is 0. The Morgan fingerprint density at radius 2 is 2.19 bits per heavy atom. The molecule has 0 aromatic carbocycles. The lowest BCUT2D eigenvalue weighted by Crippen LogP contribution is -2.34. The first-order valence-electron chi connectivity index (χ1n) is 4.68. The summed E-state index contributed by atoms with van der Waals surface area (Å²) in [5, 5.41) is 11.8. The van der Waals surface area contributed by atoms with Crippen LogP contribution >= 0.6 is 11.6 Å². The molecule has 88 valence electrons. The molecule has 0 aliphatic rings. The summed E-state index contributed by atoms with van der Waals surface area (Å²) in [5.74, 6) is -0.727. The molecule has 0 unspecified atom stereocenters. The molecule has 0 fully saturated rings. The van der Waals surface area contributed by atoms with Crippen LogP contribution in [0.2, 0.25) is 5.02 Å². The molecule has 1 rings (SSSR count). The molecule has 1 atom stereocenters. The Kier molecular flexibility index (Phi) is 3.89. The lowest BCUT2D eigenvalue weighted by atomic mass is 10.1. The van der Waals surface area contributed by atoms with Crippen molar-refractivity contribution in [2.24, 2.45) is 5.92 Å². The van der Waals surface area contributed by atoms with Gasteiger partial charge in [-0.05, 0) is 5.92 Å². The van der Waals surface area contributed by atoms with E-state index in [-0.39, 0.29) is 22.6 Å².